The first-order valence-corrected chi connectivity index (χ1v) is 10.4. The number of nitrogens with zero attached hydrogens (tertiary/aromatic N) is 2. The summed E-state index contributed by atoms with van der Waals surface area (Å²) in [5.41, 5.74) is 1.58. The number of halogens is 1. The van der Waals surface area contributed by atoms with Gasteiger partial charge in [0.05, 0.1) is 17.6 Å². The molecular formula is C19H21ClN2O4S. The first kappa shape index (κ1) is 19.8. The lowest BCUT2D eigenvalue weighted by Gasteiger charge is -2.34. The highest BCUT2D eigenvalue weighted by Crippen LogP contribution is 2.21. The number of methoxy groups -OCH3 is 1. The van der Waals surface area contributed by atoms with Crippen LogP contribution in [0.15, 0.2) is 53.4 Å². The van der Waals surface area contributed by atoms with Crippen LogP contribution >= 0.6 is 11.6 Å². The number of rotatable bonds is 5. The molecule has 0 amide bonds. The van der Waals surface area contributed by atoms with Gasteiger partial charge in [0.1, 0.15) is 0 Å². The summed E-state index contributed by atoms with van der Waals surface area (Å²) in [4.78, 5) is 13.9. The molecule has 0 N–H and O–H groups in total. The molecule has 0 saturated carbocycles. The Morgan fingerprint density at radius 1 is 1.07 bits per heavy atom. The molecule has 3 rings (SSSR count). The molecule has 27 heavy (non-hydrogen) atoms. The summed E-state index contributed by atoms with van der Waals surface area (Å²) < 4.78 is 31.7. The molecule has 0 aliphatic carbocycles. The monoisotopic (exact) mass is 408 g/mol. The van der Waals surface area contributed by atoms with Gasteiger partial charge in [0, 0.05) is 37.7 Å². The minimum Gasteiger partial charge on any atom is -0.465 e. The fraction of sp³-hybridized carbons (Fsp3) is 0.316. The van der Waals surface area contributed by atoms with Crippen LogP contribution in [0.5, 0.6) is 0 Å². The smallest absolute Gasteiger partial charge is 0.337 e. The summed E-state index contributed by atoms with van der Waals surface area (Å²) in [6.45, 7) is 2.83. The fourth-order valence-corrected chi connectivity index (χ4v) is 4.75. The Morgan fingerprint density at radius 2 is 1.74 bits per heavy atom. The first-order valence-electron chi connectivity index (χ1n) is 8.55. The number of benzene rings is 2. The van der Waals surface area contributed by atoms with Crippen LogP contribution in [0.3, 0.4) is 0 Å². The molecule has 1 heterocycles. The van der Waals surface area contributed by atoms with Crippen molar-refractivity contribution in [3.8, 4) is 0 Å². The molecule has 1 aliphatic heterocycles. The maximum Gasteiger partial charge on any atom is 0.337 e. The van der Waals surface area contributed by atoms with Crippen molar-refractivity contribution in [2.24, 2.45) is 0 Å². The van der Waals surface area contributed by atoms with E-state index in [1.165, 1.54) is 17.5 Å². The minimum absolute atomic E-state index is 0.224. The number of ether oxygens (including phenoxy) is 1. The summed E-state index contributed by atoms with van der Waals surface area (Å²) in [5.74, 6) is -0.360. The van der Waals surface area contributed by atoms with E-state index in [0.717, 1.165) is 5.56 Å². The van der Waals surface area contributed by atoms with Gasteiger partial charge in [0.2, 0.25) is 10.0 Å². The number of carbonyl (C=O) groups excluding carboxylic acids is 1. The van der Waals surface area contributed by atoms with Crippen molar-refractivity contribution in [1.82, 2.24) is 9.21 Å². The van der Waals surface area contributed by atoms with E-state index < -0.39 is 10.0 Å². The van der Waals surface area contributed by atoms with Crippen molar-refractivity contribution in [3.63, 3.8) is 0 Å². The third kappa shape index (κ3) is 4.68. The molecule has 0 radical (unpaired) electrons. The van der Waals surface area contributed by atoms with Crippen LogP contribution in [0.25, 0.3) is 0 Å². The molecule has 0 spiro atoms. The van der Waals surface area contributed by atoms with Gasteiger partial charge in [0.25, 0.3) is 0 Å². The van der Waals surface area contributed by atoms with Gasteiger partial charge in [-0.05, 0) is 35.9 Å². The van der Waals surface area contributed by atoms with Crippen LogP contribution in [0, 0.1) is 0 Å². The lowest BCUT2D eigenvalue weighted by Crippen LogP contribution is -2.48. The van der Waals surface area contributed by atoms with E-state index in [9.17, 15) is 13.2 Å². The Hall–Kier alpha value is -1.93. The number of esters is 1. The number of piperazine rings is 1. The van der Waals surface area contributed by atoms with E-state index in [4.69, 9.17) is 16.3 Å². The first-order chi connectivity index (χ1) is 12.9. The van der Waals surface area contributed by atoms with Crippen LogP contribution < -0.4 is 0 Å². The SMILES string of the molecule is COC(=O)c1ccc(CN2CCN(S(=O)(=O)c3cccc(Cl)c3)CC2)cc1. The molecule has 1 fully saturated rings. The minimum atomic E-state index is -3.53. The van der Waals surface area contributed by atoms with Crippen molar-refractivity contribution in [2.75, 3.05) is 33.3 Å². The van der Waals surface area contributed by atoms with Crippen molar-refractivity contribution >= 4 is 27.6 Å². The normalized spacial score (nSPS) is 16.2. The van der Waals surface area contributed by atoms with Crippen molar-refractivity contribution in [1.29, 1.82) is 0 Å². The van der Waals surface area contributed by atoms with Crippen LogP contribution in [-0.2, 0) is 21.3 Å². The summed E-state index contributed by atoms with van der Waals surface area (Å²) >= 11 is 5.92. The second kappa shape index (κ2) is 8.39. The van der Waals surface area contributed by atoms with Gasteiger partial charge < -0.3 is 4.74 Å². The van der Waals surface area contributed by atoms with Gasteiger partial charge in [-0.15, -0.1) is 0 Å². The van der Waals surface area contributed by atoms with E-state index in [2.05, 4.69) is 4.90 Å². The van der Waals surface area contributed by atoms with E-state index in [0.29, 0.717) is 43.3 Å². The predicted octanol–water partition coefficient (Wildman–Crippen LogP) is 2.63. The Kier molecular flexibility index (Phi) is 6.16. The fourth-order valence-electron chi connectivity index (χ4n) is 3.03. The Bertz CT molecular complexity index is 908. The summed E-state index contributed by atoms with van der Waals surface area (Å²) in [6.07, 6.45) is 0. The Labute approximate surface area is 164 Å². The highest BCUT2D eigenvalue weighted by atomic mass is 35.5. The summed E-state index contributed by atoms with van der Waals surface area (Å²) in [6, 6.07) is 13.6. The molecule has 1 aliphatic rings. The van der Waals surface area contributed by atoms with Crippen molar-refractivity contribution in [3.05, 3.63) is 64.7 Å². The second-order valence-corrected chi connectivity index (χ2v) is 8.70. The van der Waals surface area contributed by atoms with Gasteiger partial charge in [-0.25, -0.2) is 13.2 Å². The quantitative estimate of drug-likeness (QED) is 0.711. The summed E-state index contributed by atoms with van der Waals surface area (Å²) in [7, 11) is -2.17. The summed E-state index contributed by atoms with van der Waals surface area (Å²) in [5, 5.41) is 0.408. The van der Waals surface area contributed by atoms with Crippen LogP contribution in [0.4, 0.5) is 0 Å². The zero-order valence-corrected chi connectivity index (χ0v) is 16.5. The molecule has 2 aromatic rings. The second-order valence-electron chi connectivity index (χ2n) is 6.33. The lowest BCUT2D eigenvalue weighted by atomic mass is 10.1. The number of sulfonamides is 1. The number of hydrogen-bond donors (Lipinski definition) is 0. The molecule has 2 aromatic carbocycles. The zero-order valence-electron chi connectivity index (χ0n) is 15.0. The Morgan fingerprint density at radius 3 is 2.33 bits per heavy atom. The van der Waals surface area contributed by atoms with E-state index >= 15 is 0 Å². The molecule has 0 bridgehead atoms. The van der Waals surface area contributed by atoms with Gasteiger partial charge in [-0.1, -0.05) is 29.8 Å². The van der Waals surface area contributed by atoms with Crippen molar-refractivity contribution < 1.29 is 17.9 Å². The molecule has 144 valence electrons. The van der Waals surface area contributed by atoms with Gasteiger partial charge in [-0.3, -0.25) is 4.90 Å². The molecule has 0 unspecified atom stereocenters. The molecule has 6 nitrogen and oxygen atoms in total. The maximum atomic E-state index is 12.7. The third-order valence-corrected chi connectivity index (χ3v) is 6.68. The average Bonchev–Trinajstić information content (AvgIpc) is 2.68. The topological polar surface area (TPSA) is 66.9 Å². The molecule has 1 saturated heterocycles. The number of hydrogen-bond acceptors (Lipinski definition) is 5. The van der Waals surface area contributed by atoms with Crippen molar-refractivity contribution in [2.45, 2.75) is 11.4 Å². The van der Waals surface area contributed by atoms with E-state index in [1.54, 1.807) is 30.3 Å². The largest absolute Gasteiger partial charge is 0.465 e. The van der Waals surface area contributed by atoms with Crippen LogP contribution in [-0.4, -0.2) is 56.9 Å². The zero-order chi connectivity index (χ0) is 19.4. The van der Waals surface area contributed by atoms with E-state index in [-0.39, 0.29) is 10.9 Å². The lowest BCUT2D eigenvalue weighted by molar-refractivity contribution is 0.0600. The number of carbonyl (C=O) groups is 1. The molecule has 0 aromatic heterocycles. The van der Waals surface area contributed by atoms with Gasteiger partial charge in [0.15, 0.2) is 0 Å². The van der Waals surface area contributed by atoms with Gasteiger partial charge >= 0.3 is 5.97 Å². The Balaban J connectivity index is 1.59. The molecule has 8 heteroatoms. The van der Waals surface area contributed by atoms with Crippen LogP contribution in [0.1, 0.15) is 15.9 Å². The predicted molar refractivity (Wildman–Crippen MR) is 103 cm³/mol. The third-order valence-electron chi connectivity index (χ3n) is 4.55. The highest BCUT2D eigenvalue weighted by Gasteiger charge is 2.28. The van der Waals surface area contributed by atoms with E-state index in [1.807, 2.05) is 12.1 Å². The standard InChI is InChI=1S/C19H21ClN2O4S/c1-26-19(23)16-7-5-15(6-8-16)14-21-9-11-22(12-10-21)27(24,25)18-4-2-3-17(20)13-18/h2-8,13H,9-12,14H2,1H3. The maximum absolute atomic E-state index is 12.7. The van der Waals surface area contributed by atoms with Gasteiger partial charge in [-0.2, -0.15) is 4.31 Å². The molecular weight excluding hydrogens is 388 g/mol. The van der Waals surface area contributed by atoms with Crippen LogP contribution in [0.2, 0.25) is 5.02 Å². The molecule has 0 atom stereocenters. The average molecular weight is 409 g/mol. The highest BCUT2D eigenvalue weighted by molar-refractivity contribution is 7.89.